The van der Waals surface area contributed by atoms with E-state index in [1.54, 1.807) is 29.9 Å². The molecule has 140 valence electrons. The minimum absolute atomic E-state index is 0.155. The van der Waals surface area contributed by atoms with Gasteiger partial charge in [-0.3, -0.25) is 9.48 Å². The maximum atomic E-state index is 13.3. The number of halogens is 1. The van der Waals surface area contributed by atoms with E-state index in [0.29, 0.717) is 16.3 Å². The molecule has 4 rings (SSSR count). The summed E-state index contributed by atoms with van der Waals surface area (Å²) >= 11 is 1.46. The molecule has 7 heteroatoms. The van der Waals surface area contributed by atoms with Gasteiger partial charge in [-0.2, -0.15) is 5.10 Å². The van der Waals surface area contributed by atoms with Gasteiger partial charge < -0.3 is 5.11 Å². The maximum Gasteiger partial charge on any atom is 0.307 e. The lowest BCUT2D eigenvalue weighted by Gasteiger charge is -2.03. The Morgan fingerprint density at radius 1 is 1.21 bits per heavy atom. The number of nitrogens with zero attached hydrogens (tertiary/aromatic N) is 3. The molecule has 2 aromatic carbocycles. The predicted molar refractivity (Wildman–Crippen MR) is 108 cm³/mol. The van der Waals surface area contributed by atoms with Crippen LogP contribution in [0.25, 0.3) is 33.1 Å². The van der Waals surface area contributed by atoms with Crippen molar-refractivity contribution in [2.24, 2.45) is 7.05 Å². The molecule has 0 radical (unpaired) electrons. The van der Waals surface area contributed by atoms with E-state index in [2.05, 4.69) is 10.1 Å². The van der Waals surface area contributed by atoms with E-state index >= 15 is 0 Å². The average molecular weight is 393 g/mol. The second kappa shape index (κ2) is 7.36. The highest BCUT2D eigenvalue weighted by Crippen LogP contribution is 2.32. The van der Waals surface area contributed by atoms with E-state index in [9.17, 15) is 14.3 Å². The molecule has 0 saturated heterocycles. The number of aryl methyl sites for hydroxylation is 1. The summed E-state index contributed by atoms with van der Waals surface area (Å²) in [5.74, 6) is -1.25. The highest BCUT2D eigenvalue weighted by molar-refractivity contribution is 7.19. The van der Waals surface area contributed by atoms with Crippen molar-refractivity contribution in [3.63, 3.8) is 0 Å². The first-order valence-corrected chi connectivity index (χ1v) is 9.39. The highest BCUT2D eigenvalue weighted by Gasteiger charge is 2.15. The molecule has 4 aromatic rings. The molecular formula is C21H16FN3O2S. The van der Waals surface area contributed by atoms with Crippen LogP contribution in [0, 0.1) is 5.82 Å². The number of aromatic nitrogens is 3. The average Bonchev–Trinajstić information content (AvgIpc) is 3.25. The minimum atomic E-state index is -0.933. The molecule has 1 N–H and O–H groups in total. The van der Waals surface area contributed by atoms with Crippen molar-refractivity contribution in [3.05, 3.63) is 71.1 Å². The number of para-hydroxylation sites is 1. The molecule has 5 nitrogen and oxygen atoms in total. The summed E-state index contributed by atoms with van der Waals surface area (Å²) in [6.45, 7) is 0. The quantitative estimate of drug-likeness (QED) is 0.526. The summed E-state index contributed by atoms with van der Waals surface area (Å²) in [7, 11) is 1.79. The number of carbonyl (C=O) groups is 1. The predicted octanol–water partition coefficient (Wildman–Crippen LogP) is 4.85. The van der Waals surface area contributed by atoms with E-state index in [0.717, 1.165) is 21.3 Å². The number of fused-ring (bicyclic) bond motifs is 1. The number of carboxylic acids is 1. The van der Waals surface area contributed by atoms with Gasteiger partial charge in [0.1, 0.15) is 10.8 Å². The number of benzene rings is 2. The van der Waals surface area contributed by atoms with Crippen LogP contribution in [-0.4, -0.2) is 25.8 Å². The molecule has 0 fully saturated rings. The van der Waals surface area contributed by atoms with Crippen molar-refractivity contribution in [2.75, 3.05) is 0 Å². The van der Waals surface area contributed by atoms with Gasteiger partial charge in [0.05, 0.1) is 22.3 Å². The monoisotopic (exact) mass is 393 g/mol. The Morgan fingerprint density at radius 3 is 2.68 bits per heavy atom. The lowest BCUT2D eigenvalue weighted by Crippen LogP contribution is -1.97. The Balaban J connectivity index is 1.83. The Hall–Kier alpha value is -3.32. The van der Waals surface area contributed by atoms with Crippen LogP contribution in [0.3, 0.4) is 0 Å². The Morgan fingerprint density at radius 2 is 1.96 bits per heavy atom. The van der Waals surface area contributed by atoms with Crippen LogP contribution < -0.4 is 0 Å². The van der Waals surface area contributed by atoms with Crippen molar-refractivity contribution in [2.45, 2.75) is 6.42 Å². The van der Waals surface area contributed by atoms with E-state index < -0.39 is 5.97 Å². The maximum absolute atomic E-state index is 13.3. The Kier molecular flexibility index (Phi) is 4.75. The number of aliphatic carboxylic acids is 1. The first-order valence-electron chi connectivity index (χ1n) is 8.57. The van der Waals surface area contributed by atoms with Crippen LogP contribution in [0.4, 0.5) is 4.39 Å². The van der Waals surface area contributed by atoms with E-state index in [1.165, 1.54) is 23.5 Å². The number of carboxylic acid groups (broad SMARTS) is 1. The van der Waals surface area contributed by atoms with Gasteiger partial charge in [0, 0.05) is 24.4 Å². The van der Waals surface area contributed by atoms with Gasteiger partial charge in [-0.15, -0.1) is 11.3 Å². The smallest absolute Gasteiger partial charge is 0.307 e. The second-order valence-electron chi connectivity index (χ2n) is 6.34. The van der Waals surface area contributed by atoms with Crippen molar-refractivity contribution >= 4 is 39.2 Å². The number of thiazole rings is 1. The lowest BCUT2D eigenvalue weighted by atomic mass is 10.0. The minimum Gasteiger partial charge on any atom is -0.481 e. The summed E-state index contributed by atoms with van der Waals surface area (Å²) in [5, 5.41) is 14.5. The highest BCUT2D eigenvalue weighted by atomic mass is 32.1. The summed E-state index contributed by atoms with van der Waals surface area (Å²) in [6, 6.07) is 13.8. The molecule has 2 heterocycles. The van der Waals surface area contributed by atoms with Crippen LogP contribution in [0.5, 0.6) is 0 Å². The van der Waals surface area contributed by atoms with Gasteiger partial charge in [0.25, 0.3) is 0 Å². The van der Waals surface area contributed by atoms with Gasteiger partial charge in [-0.05, 0) is 48.0 Å². The molecule has 0 aliphatic rings. The molecule has 0 spiro atoms. The largest absolute Gasteiger partial charge is 0.481 e. The third-order valence-electron chi connectivity index (χ3n) is 4.21. The van der Waals surface area contributed by atoms with Gasteiger partial charge in [-0.1, -0.05) is 12.1 Å². The first kappa shape index (κ1) is 18.1. The molecule has 0 saturated carbocycles. The zero-order valence-electron chi connectivity index (χ0n) is 15.0. The summed E-state index contributed by atoms with van der Waals surface area (Å²) in [4.78, 5) is 16.1. The molecule has 0 aliphatic carbocycles. The molecule has 0 amide bonds. The van der Waals surface area contributed by atoms with Gasteiger partial charge in [-0.25, -0.2) is 9.37 Å². The Bertz CT molecular complexity index is 1160. The summed E-state index contributed by atoms with van der Waals surface area (Å²) in [5.41, 5.74) is 3.61. The fraction of sp³-hybridized carbons (Fsp3) is 0.0952. The molecule has 0 unspecified atom stereocenters. The lowest BCUT2D eigenvalue weighted by molar-refractivity contribution is -0.135. The van der Waals surface area contributed by atoms with Crippen LogP contribution in [0.1, 0.15) is 17.0 Å². The fourth-order valence-electron chi connectivity index (χ4n) is 2.99. The third kappa shape index (κ3) is 3.70. The first-order chi connectivity index (χ1) is 13.5. The molecular weight excluding hydrogens is 377 g/mol. The van der Waals surface area contributed by atoms with Gasteiger partial charge >= 0.3 is 5.97 Å². The SMILES string of the molecule is Cn1cc(/C=C(\CC(=O)O)c2nc3ccccc3s2)c(-c2ccc(F)cc2)n1. The topological polar surface area (TPSA) is 68.0 Å². The van der Waals surface area contributed by atoms with Crippen molar-refractivity contribution < 1.29 is 14.3 Å². The zero-order valence-corrected chi connectivity index (χ0v) is 15.8. The number of rotatable bonds is 5. The normalized spacial score (nSPS) is 11.9. The molecule has 0 atom stereocenters. The van der Waals surface area contributed by atoms with Crippen LogP contribution >= 0.6 is 11.3 Å². The van der Waals surface area contributed by atoms with Gasteiger partial charge in [0.2, 0.25) is 0 Å². The van der Waals surface area contributed by atoms with E-state index in [-0.39, 0.29) is 12.2 Å². The van der Waals surface area contributed by atoms with Crippen LogP contribution in [-0.2, 0) is 11.8 Å². The third-order valence-corrected chi connectivity index (χ3v) is 5.33. The zero-order chi connectivity index (χ0) is 19.7. The number of hydrogen-bond donors (Lipinski definition) is 1. The van der Waals surface area contributed by atoms with Crippen LogP contribution in [0.15, 0.2) is 54.7 Å². The second-order valence-corrected chi connectivity index (χ2v) is 7.37. The molecule has 28 heavy (non-hydrogen) atoms. The Labute approximate surface area is 164 Å². The summed E-state index contributed by atoms with van der Waals surface area (Å²) in [6.07, 6.45) is 3.46. The fourth-order valence-corrected chi connectivity index (χ4v) is 3.97. The molecule has 0 bridgehead atoms. The number of hydrogen-bond acceptors (Lipinski definition) is 4. The molecule has 2 aromatic heterocycles. The standard InChI is InChI=1S/C21H16FN3O2S/c1-25-12-15(20(24-25)13-6-8-16(22)9-7-13)10-14(11-19(26)27)21-23-17-4-2-3-5-18(17)28-21/h2-10,12H,11H2,1H3,(H,26,27)/b14-10+. The van der Waals surface area contributed by atoms with E-state index in [4.69, 9.17) is 0 Å². The van der Waals surface area contributed by atoms with Crippen molar-refractivity contribution in [3.8, 4) is 11.3 Å². The van der Waals surface area contributed by atoms with E-state index in [1.807, 2.05) is 30.5 Å². The van der Waals surface area contributed by atoms with Crippen molar-refractivity contribution in [1.82, 2.24) is 14.8 Å². The summed E-state index contributed by atoms with van der Waals surface area (Å²) < 4.78 is 15.9. The van der Waals surface area contributed by atoms with Crippen LogP contribution in [0.2, 0.25) is 0 Å². The van der Waals surface area contributed by atoms with Gasteiger partial charge in [0.15, 0.2) is 0 Å². The molecule has 0 aliphatic heterocycles. The van der Waals surface area contributed by atoms with Crippen molar-refractivity contribution in [1.29, 1.82) is 0 Å².